The number of aromatic nitrogens is 2. The summed E-state index contributed by atoms with van der Waals surface area (Å²) in [5.74, 6) is -0.510. The number of rotatable bonds is 2. The number of benzene rings is 1. The largest absolute Gasteiger partial charge is 0.444 e. The molecule has 0 aliphatic carbocycles. The van der Waals surface area contributed by atoms with Gasteiger partial charge in [-0.25, -0.2) is 9.18 Å². The molecule has 2 heterocycles. The lowest BCUT2D eigenvalue weighted by atomic mass is 10.0. The first-order chi connectivity index (χ1) is 12.7. The molecule has 2 aromatic rings. The van der Waals surface area contributed by atoms with Crippen molar-refractivity contribution in [1.29, 1.82) is 5.26 Å². The van der Waals surface area contributed by atoms with E-state index in [2.05, 4.69) is 5.10 Å². The number of carbonyl (C=O) groups excluding carboxylic acids is 1. The van der Waals surface area contributed by atoms with Crippen LogP contribution in [0.1, 0.15) is 48.7 Å². The van der Waals surface area contributed by atoms with Gasteiger partial charge in [-0.2, -0.15) is 10.4 Å². The van der Waals surface area contributed by atoms with Gasteiger partial charge in [0.05, 0.1) is 24.8 Å². The molecule has 1 aliphatic rings. The van der Waals surface area contributed by atoms with Crippen molar-refractivity contribution in [1.82, 2.24) is 14.7 Å². The Morgan fingerprint density at radius 1 is 1.41 bits per heavy atom. The number of aryl methyl sites for hydroxylation is 1. The Balaban J connectivity index is 1.76. The van der Waals surface area contributed by atoms with Gasteiger partial charge < -0.3 is 9.64 Å². The number of hydrogen-bond donors (Lipinski definition) is 0. The van der Waals surface area contributed by atoms with Crippen LogP contribution in [0.4, 0.5) is 9.18 Å². The van der Waals surface area contributed by atoms with E-state index in [4.69, 9.17) is 10.00 Å². The molecule has 6 nitrogen and oxygen atoms in total. The maximum Gasteiger partial charge on any atom is 0.410 e. The molecule has 0 bridgehead atoms. The standard InChI is InChI=1S/C20H23FN4O2/c1-13-7-14(8-17(21)16(13)9-22)11-25-18-5-6-24(12-15(18)10-23-25)19(26)27-20(2,3)4/h7-8,10H,5-6,11-12H2,1-4H3. The Morgan fingerprint density at radius 2 is 2.15 bits per heavy atom. The van der Waals surface area contributed by atoms with Crippen LogP contribution in [-0.2, 0) is 24.2 Å². The highest BCUT2D eigenvalue weighted by Gasteiger charge is 2.27. The minimum Gasteiger partial charge on any atom is -0.444 e. The first kappa shape index (κ1) is 18.9. The van der Waals surface area contributed by atoms with E-state index in [1.807, 2.05) is 37.6 Å². The van der Waals surface area contributed by atoms with Gasteiger partial charge in [-0.3, -0.25) is 4.68 Å². The molecule has 0 spiro atoms. The molecule has 3 rings (SSSR count). The van der Waals surface area contributed by atoms with E-state index < -0.39 is 11.4 Å². The van der Waals surface area contributed by atoms with Crippen molar-refractivity contribution in [2.75, 3.05) is 6.54 Å². The molecule has 0 radical (unpaired) electrons. The molecule has 1 aromatic carbocycles. The van der Waals surface area contributed by atoms with Gasteiger partial charge in [0, 0.05) is 24.2 Å². The zero-order valence-electron chi connectivity index (χ0n) is 16.0. The van der Waals surface area contributed by atoms with Crippen LogP contribution in [0.5, 0.6) is 0 Å². The summed E-state index contributed by atoms with van der Waals surface area (Å²) >= 11 is 0. The van der Waals surface area contributed by atoms with Crippen molar-refractivity contribution in [3.63, 3.8) is 0 Å². The quantitative estimate of drug-likeness (QED) is 0.811. The highest BCUT2D eigenvalue weighted by atomic mass is 19.1. The van der Waals surface area contributed by atoms with E-state index in [9.17, 15) is 9.18 Å². The topological polar surface area (TPSA) is 71.2 Å². The molecular weight excluding hydrogens is 347 g/mol. The summed E-state index contributed by atoms with van der Waals surface area (Å²) in [4.78, 5) is 13.9. The number of hydrogen-bond acceptors (Lipinski definition) is 4. The second kappa shape index (κ2) is 7.03. The summed E-state index contributed by atoms with van der Waals surface area (Å²) in [6, 6.07) is 5.08. The molecule has 1 amide bonds. The smallest absolute Gasteiger partial charge is 0.410 e. The van der Waals surface area contributed by atoms with Crippen molar-refractivity contribution in [2.24, 2.45) is 0 Å². The van der Waals surface area contributed by atoms with Gasteiger partial charge in [-0.05, 0) is 44.9 Å². The lowest BCUT2D eigenvalue weighted by molar-refractivity contribution is 0.0222. The second-order valence-electron chi connectivity index (χ2n) is 7.81. The lowest BCUT2D eigenvalue weighted by Gasteiger charge is -2.30. The van der Waals surface area contributed by atoms with Gasteiger partial charge in [0.2, 0.25) is 0 Å². The van der Waals surface area contributed by atoms with Crippen molar-refractivity contribution >= 4 is 6.09 Å². The first-order valence-corrected chi connectivity index (χ1v) is 8.88. The van der Waals surface area contributed by atoms with Crippen LogP contribution < -0.4 is 0 Å². The van der Waals surface area contributed by atoms with E-state index in [1.165, 1.54) is 6.07 Å². The SMILES string of the molecule is Cc1cc(Cn2ncc3c2CCN(C(=O)OC(C)(C)C)C3)cc(F)c1C#N. The number of fused-ring (bicyclic) bond motifs is 1. The molecule has 0 atom stereocenters. The minimum atomic E-state index is -0.529. The molecule has 142 valence electrons. The third-order valence-electron chi connectivity index (χ3n) is 4.46. The van der Waals surface area contributed by atoms with E-state index in [0.717, 1.165) is 16.8 Å². The highest BCUT2D eigenvalue weighted by Crippen LogP contribution is 2.23. The van der Waals surface area contributed by atoms with E-state index in [0.29, 0.717) is 31.6 Å². The fourth-order valence-corrected chi connectivity index (χ4v) is 3.24. The van der Waals surface area contributed by atoms with Crippen LogP contribution in [-0.4, -0.2) is 32.9 Å². The van der Waals surface area contributed by atoms with E-state index >= 15 is 0 Å². The predicted molar refractivity (Wildman–Crippen MR) is 97.5 cm³/mol. The maximum atomic E-state index is 14.0. The minimum absolute atomic E-state index is 0.0780. The van der Waals surface area contributed by atoms with Crippen LogP contribution in [0.15, 0.2) is 18.3 Å². The van der Waals surface area contributed by atoms with Gasteiger partial charge >= 0.3 is 6.09 Å². The number of halogens is 1. The monoisotopic (exact) mass is 370 g/mol. The molecule has 7 heteroatoms. The van der Waals surface area contributed by atoms with E-state index in [1.54, 1.807) is 18.0 Å². The normalized spacial score (nSPS) is 13.9. The summed E-state index contributed by atoms with van der Waals surface area (Å²) in [5.41, 5.74) is 2.93. The summed E-state index contributed by atoms with van der Waals surface area (Å²) in [7, 11) is 0. The number of nitriles is 1. The molecule has 0 unspecified atom stereocenters. The predicted octanol–water partition coefficient (Wildman–Crippen LogP) is 3.54. The van der Waals surface area contributed by atoms with Gasteiger partial charge in [0.1, 0.15) is 17.5 Å². The van der Waals surface area contributed by atoms with Crippen LogP contribution in [0.2, 0.25) is 0 Å². The molecule has 0 saturated heterocycles. The molecule has 27 heavy (non-hydrogen) atoms. The fraction of sp³-hybridized carbons (Fsp3) is 0.450. The molecular formula is C20H23FN4O2. The zero-order chi connectivity index (χ0) is 19.8. The third kappa shape index (κ3) is 4.11. The number of nitrogens with zero attached hydrogens (tertiary/aromatic N) is 4. The van der Waals surface area contributed by atoms with Gasteiger partial charge in [0.25, 0.3) is 0 Å². The van der Waals surface area contributed by atoms with Gasteiger partial charge in [-0.1, -0.05) is 6.07 Å². The Morgan fingerprint density at radius 3 is 2.78 bits per heavy atom. The number of ether oxygens (including phenoxy) is 1. The fourth-order valence-electron chi connectivity index (χ4n) is 3.24. The van der Waals surface area contributed by atoms with Crippen molar-refractivity contribution in [3.8, 4) is 6.07 Å². The maximum absolute atomic E-state index is 14.0. The first-order valence-electron chi connectivity index (χ1n) is 8.88. The molecule has 1 aliphatic heterocycles. The molecule has 0 N–H and O–H groups in total. The summed E-state index contributed by atoms with van der Waals surface area (Å²) < 4.78 is 21.3. The third-order valence-corrected chi connectivity index (χ3v) is 4.46. The van der Waals surface area contributed by atoms with Gasteiger partial charge in [0.15, 0.2) is 0 Å². The molecule has 1 aromatic heterocycles. The number of amides is 1. The average molecular weight is 370 g/mol. The highest BCUT2D eigenvalue weighted by molar-refractivity contribution is 5.68. The summed E-state index contributed by atoms with van der Waals surface area (Å²) in [6.45, 7) is 8.68. The number of carbonyl (C=O) groups is 1. The summed E-state index contributed by atoms with van der Waals surface area (Å²) in [6.07, 6.45) is 2.08. The van der Waals surface area contributed by atoms with Crippen LogP contribution in [0, 0.1) is 24.1 Å². The Bertz CT molecular complexity index is 898. The van der Waals surface area contributed by atoms with E-state index in [-0.39, 0.29) is 11.7 Å². The van der Waals surface area contributed by atoms with Crippen LogP contribution >= 0.6 is 0 Å². The van der Waals surface area contributed by atoms with Crippen molar-refractivity contribution in [3.05, 3.63) is 52.1 Å². The van der Waals surface area contributed by atoms with Crippen LogP contribution in [0.3, 0.4) is 0 Å². The molecule has 0 fully saturated rings. The van der Waals surface area contributed by atoms with Gasteiger partial charge in [-0.15, -0.1) is 0 Å². The molecule has 0 saturated carbocycles. The van der Waals surface area contributed by atoms with Crippen LogP contribution in [0.25, 0.3) is 0 Å². The average Bonchev–Trinajstić information content (AvgIpc) is 2.95. The summed E-state index contributed by atoms with van der Waals surface area (Å²) in [5, 5.41) is 13.4. The lowest BCUT2D eigenvalue weighted by Crippen LogP contribution is -2.40. The van der Waals surface area contributed by atoms with Crippen molar-refractivity contribution in [2.45, 2.75) is 52.8 Å². The van der Waals surface area contributed by atoms with Crippen molar-refractivity contribution < 1.29 is 13.9 Å². The second-order valence-corrected chi connectivity index (χ2v) is 7.81. The Hall–Kier alpha value is -2.88. The Kier molecular flexibility index (Phi) is 4.92. The Labute approximate surface area is 158 Å². The zero-order valence-corrected chi connectivity index (χ0v) is 16.0.